The van der Waals surface area contributed by atoms with Crippen LogP contribution in [0.3, 0.4) is 0 Å². The predicted octanol–water partition coefficient (Wildman–Crippen LogP) is 0.511. The Kier molecular flexibility index (Phi) is 3.50. The van der Waals surface area contributed by atoms with Crippen LogP contribution in [0.5, 0.6) is 0 Å². The third kappa shape index (κ3) is 2.46. The molecule has 0 heterocycles. The summed E-state index contributed by atoms with van der Waals surface area (Å²) < 4.78 is 0. The molecule has 0 fully saturated rings. The van der Waals surface area contributed by atoms with Gasteiger partial charge >= 0.3 is 0 Å². The lowest BCUT2D eigenvalue weighted by Gasteiger charge is -2.09. The van der Waals surface area contributed by atoms with Crippen molar-refractivity contribution in [2.24, 2.45) is 0 Å². The van der Waals surface area contributed by atoms with Gasteiger partial charge in [-0.3, -0.25) is 0 Å². The number of aliphatic hydroxyl groups excluding tert-OH is 1. The van der Waals surface area contributed by atoms with Gasteiger partial charge in [0.1, 0.15) is 0 Å². The molecule has 1 atom stereocenters. The number of rotatable bonds is 3. The van der Waals surface area contributed by atoms with Gasteiger partial charge in [0.05, 0.1) is 6.10 Å². The molecule has 0 spiro atoms. The van der Waals surface area contributed by atoms with Crippen molar-refractivity contribution in [3.05, 3.63) is 29.8 Å². The molecule has 1 aromatic rings. The fraction of sp³-hybridized carbons (Fsp3) is 0.400. The highest BCUT2D eigenvalue weighted by atomic mass is 28.1. The molecule has 0 aromatic heterocycles. The Hall–Kier alpha value is -0.603. The Bertz CT molecular complexity index is 230. The quantitative estimate of drug-likeness (QED) is 0.672. The maximum absolute atomic E-state index is 9.62. The van der Waals surface area contributed by atoms with Crippen molar-refractivity contribution in [3.8, 4) is 0 Å². The van der Waals surface area contributed by atoms with Crippen LogP contribution in [0.15, 0.2) is 24.3 Å². The molecule has 0 saturated heterocycles. The average Bonchev–Trinajstić information content (AvgIpc) is 2.06. The molecule has 0 radical (unpaired) electrons. The Morgan fingerprint density at radius 2 is 1.92 bits per heavy atom. The first-order valence-corrected chi connectivity index (χ1v) is 5.48. The standard InChI is InChI=1S/C10H16OSi/c1-2-3-10(11)8-4-6-9(12)7-5-8/h4-7,10-11H,2-3H2,1,12H3. The maximum Gasteiger partial charge on any atom is 0.0790 e. The molecule has 1 nitrogen and oxygen atoms in total. The van der Waals surface area contributed by atoms with E-state index in [4.69, 9.17) is 0 Å². The monoisotopic (exact) mass is 180 g/mol. The molecule has 0 bridgehead atoms. The Morgan fingerprint density at radius 3 is 2.42 bits per heavy atom. The lowest BCUT2D eigenvalue weighted by molar-refractivity contribution is 0.166. The molecule has 66 valence electrons. The van der Waals surface area contributed by atoms with Crippen molar-refractivity contribution in [2.75, 3.05) is 0 Å². The van der Waals surface area contributed by atoms with E-state index in [1.54, 1.807) is 0 Å². The Labute approximate surface area is 76.9 Å². The van der Waals surface area contributed by atoms with Crippen LogP contribution in [-0.2, 0) is 0 Å². The lowest BCUT2D eigenvalue weighted by atomic mass is 10.1. The van der Waals surface area contributed by atoms with E-state index >= 15 is 0 Å². The van der Waals surface area contributed by atoms with Crippen LogP contribution in [-0.4, -0.2) is 15.3 Å². The molecule has 0 aliphatic rings. The van der Waals surface area contributed by atoms with Crippen LogP contribution in [0, 0.1) is 0 Å². The zero-order valence-corrected chi connectivity index (χ0v) is 9.75. The summed E-state index contributed by atoms with van der Waals surface area (Å²) in [6.45, 7) is 2.09. The van der Waals surface area contributed by atoms with E-state index in [2.05, 4.69) is 19.1 Å². The molecule has 0 amide bonds. The van der Waals surface area contributed by atoms with Crippen LogP contribution in [0.25, 0.3) is 0 Å². The van der Waals surface area contributed by atoms with Crippen molar-refractivity contribution in [2.45, 2.75) is 25.9 Å². The van der Waals surface area contributed by atoms with Crippen LogP contribution in [0.1, 0.15) is 31.4 Å². The summed E-state index contributed by atoms with van der Waals surface area (Å²) in [6, 6.07) is 8.26. The van der Waals surface area contributed by atoms with Crippen LogP contribution < -0.4 is 5.19 Å². The van der Waals surface area contributed by atoms with E-state index in [-0.39, 0.29) is 6.10 Å². The van der Waals surface area contributed by atoms with Gasteiger partial charge in [0.2, 0.25) is 0 Å². The van der Waals surface area contributed by atoms with Crippen LogP contribution in [0.4, 0.5) is 0 Å². The molecule has 1 aromatic carbocycles. The largest absolute Gasteiger partial charge is 0.388 e. The van der Waals surface area contributed by atoms with Gasteiger partial charge in [-0.2, -0.15) is 0 Å². The fourth-order valence-corrected chi connectivity index (χ4v) is 1.56. The first kappa shape index (κ1) is 9.48. The summed E-state index contributed by atoms with van der Waals surface area (Å²) in [4.78, 5) is 0. The van der Waals surface area contributed by atoms with Crippen molar-refractivity contribution in [3.63, 3.8) is 0 Å². The second kappa shape index (κ2) is 4.43. The number of aliphatic hydroxyl groups is 1. The average molecular weight is 180 g/mol. The first-order valence-electron chi connectivity index (χ1n) is 4.48. The molecule has 1 N–H and O–H groups in total. The number of hydrogen-bond donors (Lipinski definition) is 1. The fourth-order valence-electron chi connectivity index (χ4n) is 1.23. The van der Waals surface area contributed by atoms with E-state index in [0.717, 1.165) is 28.6 Å². The molecule has 12 heavy (non-hydrogen) atoms. The number of benzene rings is 1. The summed E-state index contributed by atoms with van der Waals surface area (Å²) in [5.41, 5.74) is 1.05. The Morgan fingerprint density at radius 1 is 1.33 bits per heavy atom. The van der Waals surface area contributed by atoms with Crippen molar-refractivity contribution in [1.29, 1.82) is 0 Å². The third-order valence-corrected chi connectivity index (χ3v) is 2.69. The molecule has 2 heteroatoms. The lowest BCUT2D eigenvalue weighted by Crippen LogP contribution is -2.03. The van der Waals surface area contributed by atoms with Gasteiger partial charge in [-0.05, 0) is 12.0 Å². The zero-order valence-electron chi connectivity index (χ0n) is 7.75. The summed E-state index contributed by atoms with van der Waals surface area (Å²) in [5.74, 6) is 0. The molecule has 1 rings (SSSR count). The van der Waals surface area contributed by atoms with Crippen LogP contribution in [0.2, 0.25) is 0 Å². The normalized spacial score (nSPS) is 13.2. The molecular formula is C10H16OSi. The van der Waals surface area contributed by atoms with E-state index in [0.29, 0.717) is 0 Å². The molecular weight excluding hydrogens is 164 g/mol. The summed E-state index contributed by atoms with van der Waals surface area (Å²) in [6.07, 6.45) is 1.63. The predicted molar refractivity (Wildman–Crippen MR) is 55.9 cm³/mol. The van der Waals surface area contributed by atoms with Gasteiger partial charge < -0.3 is 5.11 Å². The smallest absolute Gasteiger partial charge is 0.0790 e. The van der Waals surface area contributed by atoms with Gasteiger partial charge in [0.15, 0.2) is 0 Å². The topological polar surface area (TPSA) is 20.2 Å². The van der Waals surface area contributed by atoms with E-state index < -0.39 is 0 Å². The summed E-state index contributed by atoms with van der Waals surface area (Å²) in [5, 5.41) is 11.0. The van der Waals surface area contributed by atoms with Gasteiger partial charge in [-0.1, -0.05) is 42.8 Å². The SMILES string of the molecule is CCCC(O)c1ccc([SiH3])cc1. The second-order valence-corrected chi connectivity index (χ2v) is 4.37. The molecule has 0 aliphatic carbocycles. The minimum Gasteiger partial charge on any atom is -0.388 e. The van der Waals surface area contributed by atoms with Crippen molar-refractivity contribution in [1.82, 2.24) is 0 Å². The maximum atomic E-state index is 9.62. The number of hydrogen-bond acceptors (Lipinski definition) is 1. The third-order valence-electron chi connectivity index (χ3n) is 2.02. The molecule has 0 aliphatic heterocycles. The highest BCUT2D eigenvalue weighted by Gasteiger charge is 2.04. The molecule has 1 unspecified atom stereocenters. The Balaban J connectivity index is 2.68. The van der Waals surface area contributed by atoms with E-state index in [1.807, 2.05) is 12.1 Å². The van der Waals surface area contributed by atoms with Gasteiger partial charge in [-0.25, -0.2) is 0 Å². The summed E-state index contributed by atoms with van der Waals surface area (Å²) in [7, 11) is 1.09. The zero-order chi connectivity index (χ0) is 8.97. The van der Waals surface area contributed by atoms with Gasteiger partial charge in [-0.15, -0.1) is 0 Å². The van der Waals surface area contributed by atoms with Gasteiger partial charge in [0.25, 0.3) is 0 Å². The first-order chi connectivity index (χ1) is 5.74. The van der Waals surface area contributed by atoms with Crippen molar-refractivity contribution < 1.29 is 5.11 Å². The highest BCUT2D eigenvalue weighted by Crippen LogP contribution is 2.16. The molecule has 0 saturated carbocycles. The van der Waals surface area contributed by atoms with Crippen LogP contribution >= 0.6 is 0 Å². The second-order valence-electron chi connectivity index (χ2n) is 3.22. The van der Waals surface area contributed by atoms with Crippen molar-refractivity contribution >= 4 is 15.4 Å². The minimum absolute atomic E-state index is 0.266. The van der Waals surface area contributed by atoms with E-state index in [1.165, 1.54) is 5.19 Å². The van der Waals surface area contributed by atoms with Gasteiger partial charge in [0, 0.05) is 10.2 Å². The van der Waals surface area contributed by atoms with E-state index in [9.17, 15) is 5.11 Å². The summed E-state index contributed by atoms with van der Waals surface area (Å²) >= 11 is 0. The highest BCUT2D eigenvalue weighted by molar-refractivity contribution is 6.32. The minimum atomic E-state index is -0.266.